The first-order chi connectivity index (χ1) is 11.8. The van der Waals surface area contributed by atoms with Crippen LogP contribution in [0.5, 0.6) is 0 Å². The van der Waals surface area contributed by atoms with E-state index in [0.717, 1.165) is 47.1 Å². The van der Waals surface area contributed by atoms with Crippen LogP contribution in [0.2, 0.25) is 0 Å². The van der Waals surface area contributed by atoms with E-state index in [2.05, 4.69) is 33.6 Å². The predicted molar refractivity (Wildman–Crippen MR) is 99.6 cm³/mol. The van der Waals surface area contributed by atoms with Crippen molar-refractivity contribution in [3.8, 4) is 0 Å². The van der Waals surface area contributed by atoms with Gasteiger partial charge >= 0.3 is 0 Å². The largest absolute Gasteiger partial charge is 0.459 e. The number of nitrogens with zero attached hydrogens (tertiary/aromatic N) is 2. The smallest absolute Gasteiger partial charge is 0.191 e. The van der Waals surface area contributed by atoms with Crippen molar-refractivity contribution in [2.75, 3.05) is 13.6 Å². The van der Waals surface area contributed by atoms with Gasteiger partial charge in [-0.25, -0.2) is 4.98 Å². The maximum atomic E-state index is 5.80. The molecular weight excluding hydrogens is 320 g/mol. The summed E-state index contributed by atoms with van der Waals surface area (Å²) in [5.74, 6) is 1.66. The van der Waals surface area contributed by atoms with Gasteiger partial charge in [0.15, 0.2) is 5.96 Å². The van der Waals surface area contributed by atoms with Crippen molar-refractivity contribution in [3.05, 3.63) is 52.2 Å². The Hall–Kier alpha value is -2.34. The maximum absolute atomic E-state index is 5.80. The van der Waals surface area contributed by atoms with Crippen LogP contribution in [0.3, 0.4) is 0 Å². The van der Waals surface area contributed by atoms with Crippen molar-refractivity contribution >= 4 is 28.3 Å². The molecule has 0 atom stereocenters. The summed E-state index contributed by atoms with van der Waals surface area (Å²) in [5, 5.41) is 8.87. The Morgan fingerprint density at radius 2 is 2.17 bits per heavy atom. The van der Waals surface area contributed by atoms with Gasteiger partial charge in [-0.05, 0) is 18.6 Å². The van der Waals surface area contributed by atoms with Crippen molar-refractivity contribution in [3.63, 3.8) is 0 Å². The lowest BCUT2D eigenvalue weighted by molar-refractivity contribution is 0.538. The highest BCUT2D eigenvalue weighted by Gasteiger charge is 2.05. The van der Waals surface area contributed by atoms with Gasteiger partial charge in [-0.15, -0.1) is 11.3 Å². The van der Waals surface area contributed by atoms with E-state index in [4.69, 9.17) is 4.42 Å². The molecule has 2 N–H and O–H groups in total. The standard InChI is InChI=1S/C18H22N4OS/c1-3-15-12-21-17(24-15)8-9-20-18(19-2)22-11-14-10-13-6-4-5-7-16(13)23-14/h4-7,10,12H,3,8-9,11H2,1-2H3,(H2,19,20,22). The van der Waals surface area contributed by atoms with Crippen molar-refractivity contribution in [1.82, 2.24) is 15.6 Å². The van der Waals surface area contributed by atoms with Gasteiger partial charge in [0.2, 0.25) is 0 Å². The zero-order chi connectivity index (χ0) is 16.8. The molecule has 0 saturated carbocycles. The van der Waals surface area contributed by atoms with E-state index in [9.17, 15) is 0 Å². The Morgan fingerprint density at radius 3 is 2.92 bits per heavy atom. The minimum atomic E-state index is 0.603. The molecule has 0 spiro atoms. The molecule has 0 aliphatic heterocycles. The number of aliphatic imine (C=N–C) groups is 1. The molecule has 0 aliphatic carbocycles. The third kappa shape index (κ3) is 4.14. The molecule has 2 aromatic heterocycles. The summed E-state index contributed by atoms with van der Waals surface area (Å²) in [7, 11) is 1.77. The van der Waals surface area contributed by atoms with Crippen LogP contribution in [0.15, 0.2) is 45.9 Å². The first kappa shape index (κ1) is 16.5. The minimum Gasteiger partial charge on any atom is -0.459 e. The molecule has 1 aromatic carbocycles. The van der Waals surface area contributed by atoms with Crippen LogP contribution in [0.1, 0.15) is 22.6 Å². The van der Waals surface area contributed by atoms with E-state index in [1.807, 2.05) is 30.5 Å². The van der Waals surface area contributed by atoms with E-state index in [1.54, 1.807) is 18.4 Å². The maximum Gasteiger partial charge on any atom is 0.191 e. The molecule has 0 fully saturated rings. The number of hydrogen-bond donors (Lipinski definition) is 2. The Kier molecular flexibility index (Phi) is 5.48. The molecule has 0 amide bonds. The molecule has 3 aromatic rings. The lowest BCUT2D eigenvalue weighted by Crippen LogP contribution is -2.37. The van der Waals surface area contributed by atoms with Gasteiger partial charge < -0.3 is 15.1 Å². The van der Waals surface area contributed by atoms with Crippen molar-refractivity contribution in [1.29, 1.82) is 0 Å². The van der Waals surface area contributed by atoms with Gasteiger partial charge in [0, 0.05) is 36.5 Å². The topological polar surface area (TPSA) is 62.5 Å². The zero-order valence-corrected chi connectivity index (χ0v) is 14.8. The Balaban J connectivity index is 1.47. The van der Waals surface area contributed by atoms with Crippen LogP contribution in [-0.4, -0.2) is 24.5 Å². The molecule has 5 nitrogen and oxygen atoms in total. The molecule has 3 rings (SSSR count). The van der Waals surface area contributed by atoms with Gasteiger partial charge in [0.25, 0.3) is 0 Å². The first-order valence-corrected chi connectivity index (χ1v) is 8.95. The number of fused-ring (bicyclic) bond motifs is 1. The Labute approximate surface area is 145 Å². The highest BCUT2D eigenvalue weighted by atomic mass is 32.1. The molecule has 0 saturated heterocycles. The number of furan rings is 1. The van der Waals surface area contributed by atoms with Crippen LogP contribution in [0, 0.1) is 0 Å². The number of guanidine groups is 1. The SMILES string of the molecule is CCc1cnc(CCNC(=NC)NCc2cc3ccccc3o2)s1. The number of rotatable bonds is 6. The monoisotopic (exact) mass is 342 g/mol. The van der Waals surface area contributed by atoms with Crippen LogP contribution in [-0.2, 0) is 19.4 Å². The van der Waals surface area contributed by atoms with E-state index in [0.29, 0.717) is 6.54 Å². The predicted octanol–water partition coefficient (Wildman–Crippen LogP) is 3.36. The van der Waals surface area contributed by atoms with Gasteiger partial charge in [-0.3, -0.25) is 4.99 Å². The lowest BCUT2D eigenvalue weighted by Gasteiger charge is -2.10. The molecule has 0 unspecified atom stereocenters. The van der Waals surface area contributed by atoms with E-state index >= 15 is 0 Å². The molecule has 6 heteroatoms. The van der Waals surface area contributed by atoms with Crippen LogP contribution in [0.4, 0.5) is 0 Å². The second-order valence-corrected chi connectivity index (χ2v) is 6.63. The van der Waals surface area contributed by atoms with Gasteiger partial charge in [-0.2, -0.15) is 0 Å². The number of aromatic nitrogens is 1. The van der Waals surface area contributed by atoms with Gasteiger partial charge in [0.1, 0.15) is 11.3 Å². The summed E-state index contributed by atoms with van der Waals surface area (Å²) < 4.78 is 5.80. The Bertz CT molecular complexity index is 788. The van der Waals surface area contributed by atoms with E-state index < -0.39 is 0 Å². The molecule has 0 aliphatic rings. The average molecular weight is 342 g/mol. The van der Waals surface area contributed by atoms with Crippen molar-refractivity contribution in [2.24, 2.45) is 4.99 Å². The molecule has 0 radical (unpaired) electrons. The fourth-order valence-electron chi connectivity index (χ4n) is 2.43. The van der Waals surface area contributed by atoms with Gasteiger partial charge in [-0.1, -0.05) is 25.1 Å². The third-order valence-corrected chi connectivity index (χ3v) is 4.91. The fraction of sp³-hybridized carbons (Fsp3) is 0.333. The van der Waals surface area contributed by atoms with Crippen LogP contribution in [0.25, 0.3) is 11.0 Å². The van der Waals surface area contributed by atoms with Gasteiger partial charge in [0.05, 0.1) is 11.6 Å². The Morgan fingerprint density at radius 1 is 1.29 bits per heavy atom. The average Bonchev–Trinajstić information content (AvgIpc) is 3.23. The zero-order valence-electron chi connectivity index (χ0n) is 14.0. The number of thiazole rings is 1. The summed E-state index contributed by atoms with van der Waals surface area (Å²) in [6.45, 7) is 3.56. The number of hydrogen-bond acceptors (Lipinski definition) is 4. The van der Waals surface area contributed by atoms with Crippen molar-refractivity contribution < 1.29 is 4.42 Å². The molecule has 0 bridgehead atoms. The molecule has 24 heavy (non-hydrogen) atoms. The summed E-state index contributed by atoms with van der Waals surface area (Å²) in [6.07, 6.45) is 3.91. The normalized spacial score (nSPS) is 11.8. The third-order valence-electron chi connectivity index (χ3n) is 3.71. The van der Waals surface area contributed by atoms with E-state index in [-0.39, 0.29) is 0 Å². The van der Waals surface area contributed by atoms with Crippen molar-refractivity contribution in [2.45, 2.75) is 26.3 Å². The molecule has 126 valence electrons. The highest BCUT2D eigenvalue weighted by Crippen LogP contribution is 2.18. The molecule has 2 heterocycles. The van der Waals surface area contributed by atoms with Crippen LogP contribution >= 0.6 is 11.3 Å². The number of aryl methyl sites for hydroxylation is 1. The number of para-hydroxylation sites is 1. The number of benzene rings is 1. The number of nitrogens with one attached hydrogen (secondary N) is 2. The minimum absolute atomic E-state index is 0.603. The summed E-state index contributed by atoms with van der Waals surface area (Å²) >= 11 is 1.78. The summed E-state index contributed by atoms with van der Waals surface area (Å²) in [6, 6.07) is 10.1. The second kappa shape index (κ2) is 7.97. The summed E-state index contributed by atoms with van der Waals surface area (Å²) in [4.78, 5) is 10.0. The van der Waals surface area contributed by atoms with Crippen LogP contribution < -0.4 is 10.6 Å². The first-order valence-electron chi connectivity index (χ1n) is 8.14. The summed E-state index contributed by atoms with van der Waals surface area (Å²) in [5.41, 5.74) is 0.910. The second-order valence-electron chi connectivity index (χ2n) is 5.43. The van der Waals surface area contributed by atoms with E-state index in [1.165, 1.54) is 4.88 Å². The highest BCUT2D eigenvalue weighted by molar-refractivity contribution is 7.11. The lowest BCUT2D eigenvalue weighted by atomic mass is 10.2. The fourth-order valence-corrected chi connectivity index (χ4v) is 3.29. The molecular formula is C18H22N4OS. The quantitative estimate of drug-likeness (QED) is 0.533.